The van der Waals surface area contributed by atoms with Gasteiger partial charge in [-0.2, -0.15) is 23.3 Å². The van der Waals surface area contributed by atoms with Crippen molar-refractivity contribution in [2.75, 3.05) is 5.32 Å². The molecule has 0 aliphatic heterocycles. The highest BCUT2D eigenvalue weighted by molar-refractivity contribution is 6.04. The van der Waals surface area contributed by atoms with Crippen LogP contribution in [0.25, 0.3) is 16.9 Å². The van der Waals surface area contributed by atoms with Crippen LogP contribution in [0.5, 0.6) is 5.88 Å². The minimum absolute atomic E-state index is 0.0289. The van der Waals surface area contributed by atoms with Crippen LogP contribution in [0.15, 0.2) is 48.5 Å². The number of nitrogens with one attached hydrogen (secondary N) is 1. The van der Waals surface area contributed by atoms with Crippen LogP contribution in [-0.4, -0.2) is 30.6 Å². The Balaban J connectivity index is 1.78. The lowest BCUT2D eigenvalue weighted by Gasteiger charge is -2.12. The van der Waals surface area contributed by atoms with Crippen molar-refractivity contribution in [1.29, 1.82) is 0 Å². The summed E-state index contributed by atoms with van der Waals surface area (Å²) in [5.41, 5.74) is 0.400. The monoisotopic (exact) mass is 441 g/mol. The van der Waals surface area contributed by atoms with Gasteiger partial charge in [-0.3, -0.25) is 4.79 Å². The van der Waals surface area contributed by atoms with Crippen LogP contribution in [0.2, 0.25) is 0 Å². The van der Waals surface area contributed by atoms with Gasteiger partial charge in [0.2, 0.25) is 5.88 Å². The van der Waals surface area contributed by atoms with Gasteiger partial charge in [0.1, 0.15) is 5.82 Å². The second kappa shape index (κ2) is 7.95. The molecule has 10 heteroatoms. The number of nitrogens with zero attached hydrogens (tertiary/aromatic N) is 4. The molecule has 32 heavy (non-hydrogen) atoms. The fraction of sp³-hybridized carbons (Fsp3) is 0.182. The van der Waals surface area contributed by atoms with Gasteiger partial charge >= 0.3 is 6.18 Å². The highest BCUT2D eigenvalue weighted by atomic mass is 19.4. The lowest BCUT2D eigenvalue weighted by atomic mass is 10.0. The number of rotatable bonds is 4. The summed E-state index contributed by atoms with van der Waals surface area (Å²) in [4.78, 5) is 21.1. The zero-order chi connectivity index (χ0) is 23.0. The molecule has 2 N–H and O–H groups in total. The molecule has 0 atom stereocenters. The molecule has 1 aromatic carbocycles. The Morgan fingerprint density at radius 3 is 2.59 bits per heavy atom. The Kier molecular flexibility index (Phi) is 5.29. The standard InChI is InChI=1S/C22H18F3N5O2/c1-3-13-10-12(2)11-17(26-13)27-20(31)19-21(32)28-18-9-8-16(29-30(18)19)14-6-4-5-7-15(14)22(23,24)25/h4-11,32H,3H2,1-2H3,(H,26,27,31). The van der Waals surface area contributed by atoms with Crippen LogP contribution < -0.4 is 5.32 Å². The number of pyridine rings is 1. The molecule has 3 heterocycles. The van der Waals surface area contributed by atoms with Crippen molar-refractivity contribution in [3.8, 4) is 17.1 Å². The van der Waals surface area contributed by atoms with Gasteiger partial charge in [0.05, 0.1) is 11.3 Å². The van der Waals surface area contributed by atoms with Gasteiger partial charge in [-0.15, -0.1) is 0 Å². The molecule has 0 unspecified atom stereocenters. The van der Waals surface area contributed by atoms with E-state index in [-0.39, 0.29) is 28.4 Å². The van der Waals surface area contributed by atoms with Crippen LogP contribution >= 0.6 is 0 Å². The summed E-state index contributed by atoms with van der Waals surface area (Å²) in [7, 11) is 0. The molecule has 4 rings (SSSR count). The van der Waals surface area contributed by atoms with Gasteiger partial charge in [-0.05, 0) is 49.2 Å². The molecule has 0 saturated heterocycles. The minimum Gasteiger partial charge on any atom is -0.492 e. The van der Waals surface area contributed by atoms with Crippen LogP contribution in [0.4, 0.5) is 19.0 Å². The minimum atomic E-state index is -4.58. The molecule has 0 spiro atoms. The average Bonchev–Trinajstić information content (AvgIpc) is 3.07. The second-order valence-corrected chi connectivity index (χ2v) is 7.14. The van der Waals surface area contributed by atoms with Gasteiger partial charge in [0, 0.05) is 11.3 Å². The van der Waals surface area contributed by atoms with Gasteiger partial charge in [0.25, 0.3) is 5.91 Å². The molecule has 0 radical (unpaired) electrons. The molecular formula is C22H18F3N5O2. The molecule has 0 fully saturated rings. The van der Waals surface area contributed by atoms with Crippen molar-refractivity contribution in [2.24, 2.45) is 0 Å². The maximum atomic E-state index is 13.4. The quantitative estimate of drug-likeness (QED) is 0.481. The number of carbonyl (C=O) groups excluding carboxylic acids is 1. The lowest BCUT2D eigenvalue weighted by Crippen LogP contribution is -2.17. The predicted octanol–water partition coefficient (Wildman–Crippen LogP) is 4.64. The maximum Gasteiger partial charge on any atom is 0.417 e. The number of anilines is 1. The van der Waals surface area contributed by atoms with E-state index in [0.29, 0.717) is 6.42 Å². The zero-order valence-electron chi connectivity index (χ0n) is 17.1. The number of carbonyl (C=O) groups is 1. The number of amides is 1. The number of alkyl halides is 3. The van der Waals surface area contributed by atoms with Crippen LogP contribution in [0, 0.1) is 6.92 Å². The fourth-order valence-corrected chi connectivity index (χ4v) is 3.38. The summed E-state index contributed by atoms with van der Waals surface area (Å²) in [6.45, 7) is 3.78. The van der Waals surface area contributed by atoms with Gasteiger partial charge < -0.3 is 10.4 Å². The number of halogens is 3. The third kappa shape index (κ3) is 3.98. The molecule has 164 valence electrons. The first-order valence-electron chi connectivity index (χ1n) is 9.71. The third-order valence-electron chi connectivity index (χ3n) is 4.81. The number of aromatic nitrogens is 4. The van der Waals surface area contributed by atoms with Crippen molar-refractivity contribution < 1.29 is 23.1 Å². The average molecular weight is 441 g/mol. The summed E-state index contributed by atoms with van der Waals surface area (Å²) in [5, 5.41) is 17.0. The summed E-state index contributed by atoms with van der Waals surface area (Å²) in [6, 6.07) is 11.3. The van der Waals surface area contributed by atoms with Gasteiger partial charge in [-0.25, -0.2) is 9.50 Å². The van der Waals surface area contributed by atoms with Crippen molar-refractivity contribution >= 4 is 17.4 Å². The molecule has 0 bridgehead atoms. The Morgan fingerprint density at radius 1 is 1.12 bits per heavy atom. The number of imidazole rings is 1. The van der Waals surface area contributed by atoms with Crippen LogP contribution in [0.1, 0.15) is 34.2 Å². The highest BCUT2D eigenvalue weighted by Crippen LogP contribution is 2.36. The Hall–Kier alpha value is -3.95. The van der Waals surface area contributed by atoms with Gasteiger partial charge in [0.15, 0.2) is 11.3 Å². The smallest absolute Gasteiger partial charge is 0.417 e. The fourth-order valence-electron chi connectivity index (χ4n) is 3.38. The summed E-state index contributed by atoms with van der Waals surface area (Å²) in [5.74, 6) is -1.07. The van der Waals surface area contributed by atoms with Gasteiger partial charge in [-0.1, -0.05) is 25.1 Å². The number of aryl methyl sites for hydroxylation is 2. The largest absolute Gasteiger partial charge is 0.492 e. The summed E-state index contributed by atoms with van der Waals surface area (Å²) in [6.07, 6.45) is -3.92. The molecule has 0 aliphatic rings. The number of hydrogen-bond donors (Lipinski definition) is 2. The highest BCUT2D eigenvalue weighted by Gasteiger charge is 2.34. The molecule has 0 aliphatic carbocycles. The lowest BCUT2D eigenvalue weighted by molar-refractivity contribution is -0.137. The Bertz CT molecular complexity index is 1330. The first kappa shape index (κ1) is 21.3. The van der Waals surface area contributed by atoms with E-state index in [4.69, 9.17) is 0 Å². The molecule has 3 aromatic heterocycles. The first-order valence-corrected chi connectivity index (χ1v) is 9.71. The Labute approximate surface area is 180 Å². The van der Waals surface area contributed by atoms with E-state index >= 15 is 0 Å². The topological polar surface area (TPSA) is 92.4 Å². The molecular weight excluding hydrogens is 423 g/mol. The first-order chi connectivity index (χ1) is 15.2. The van der Waals surface area contributed by atoms with Crippen molar-refractivity contribution in [2.45, 2.75) is 26.4 Å². The number of hydrogen-bond acceptors (Lipinski definition) is 5. The van der Waals surface area contributed by atoms with E-state index in [0.717, 1.165) is 21.8 Å². The van der Waals surface area contributed by atoms with Crippen molar-refractivity contribution in [1.82, 2.24) is 19.6 Å². The molecule has 7 nitrogen and oxygen atoms in total. The normalized spacial score (nSPS) is 11.7. The second-order valence-electron chi connectivity index (χ2n) is 7.14. The van der Waals surface area contributed by atoms with Crippen LogP contribution in [0.3, 0.4) is 0 Å². The molecule has 4 aromatic rings. The molecule has 1 amide bonds. The maximum absolute atomic E-state index is 13.4. The molecule has 0 saturated carbocycles. The number of aromatic hydroxyl groups is 1. The summed E-state index contributed by atoms with van der Waals surface area (Å²) >= 11 is 0. The van der Waals surface area contributed by atoms with E-state index in [2.05, 4.69) is 20.4 Å². The third-order valence-corrected chi connectivity index (χ3v) is 4.81. The van der Waals surface area contributed by atoms with Crippen molar-refractivity contribution in [3.63, 3.8) is 0 Å². The Morgan fingerprint density at radius 2 is 1.88 bits per heavy atom. The van der Waals surface area contributed by atoms with E-state index in [9.17, 15) is 23.1 Å². The number of fused-ring (bicyclic) bond motifs is 1. The predicted molar refractivity (Wildman–Crippen MR) is 111 cm³/mol. The van der Waals surface area contributed by atoms with Crippen molar-refractivity contribution in [3.05, 3.63) is 71.0 Å². The van der Waals surface area contributed by atoms with Crippen LogP contribution in [-0.2, 0) is 12.6 Å². The van der Waals surface area contributed by atoms with E-state index in [1.54, 1.807) is 6.07 Å². The SMILES string of the molecule is CCc1cc(C)cc(NC(=O)c2c(O)nc3ccc(-c4ccccc4C(F)(F)F)nn23)n1. The zero-order valence-corrected chi connectivity index (χ0v) is 17.1. The van der Waals surface area contributed by atoms with E-state index in [1.807, 2.05) is 19.9 Å². The van der Waals surface area contributed by atoms with E-state index in [1.165, 1.54) is 30.3 Å². The number of benzene rings is 1. The summed E-state index contributed by atoms with van der Waals surface area (Å²) < 4.78 is 41.3. The van der Waals surface area contributed by atoms with E-state index < -0.39 is 23.5 Å².